The second kappa shape index (κ2) is 5.39. The molecular formula is C17H15N3O3. The molecule has 0 bridgehead atoms. The molecule has 0 saturated carbocycles. The average Bonchev–Trinajstić information content (AvgIpc) is 2.61. The first kappa shape index (κ1) is 13.8. The van der Waals surface area contributed by atoms with E-state index in [1.54, 1.807) is 24.5 Å². The van der Waals surface area contributed by atoms with Gasteiger partial charge in [0.2, 0.25) is 5.95 Å². The van der Waals surface area contributed by atoms with E-state index in [4.69, 9.17) is 9.15 Å². The Bertz CT molecular complexity index is 922. The minimum atomic E-state index is -0.337. The first-order chi connectivity index (χ1) is 11.3. The van der Waals surface area contributed by atoms with Crippen molar-refractivity contribution in [2.75, 3.05) is 11.6 Å². The number of nitrogens with zero attached hydrogens (tertiary/aromatic N) is 3. The third-order valence-electron chi connectivity index (χ3n) is 4.00. The highest BCUT2D eigenvalue weighted by Gasteiger charge is 2.23. The quantitative estimate of drug-likeness (QED) is 0.678. The van der Waals surface area contributed by atoms with Crippen LogP contribution in [0.25, 0.3) is 11.0 Å². The molecule has 0 atom stereocenters. The number of anilines is 1. The van der Waals surface area contributed by atoms with Crippen LogP contribution in [0.2, 0.25) is 0 Å². The molecule has 23 heavy (non-hydrogen) atoms. The smallest absolute Gasteiger partial charge is 0.336 e. The predicted molar refractivity (Wildman–Crippen MR) is 85.6 cm³/mol. The molecule has 0 aliphatic carbocycles. The Morgan fingerprint density at radius 1 is 1.26 bits per heavy atom. The van der Waals surface area contributed by atoms with Crippen LogP contribution in [0.15, 0.2) is 45.9 Å². The Hall–Kier alpha value is -2.89. The van der Waals surface area contributed by atoms with E-state index >= 15 is 0 Å². The van der Waals surface area contributed by atoms with Crippen molar-refractivity contribution in [2.24, 2.45) is 0 Å². The number of aromatic nitrogens is 2. The molecule has 0 spiro atoms. The van der Waals surface area contributed by atoms with Crippen LogP contribution in [0.1, 0.15) is 18.1 Å². The molecule has 6 heteroatoms. The molecule has 0 radical (unpaired) electrons. The number of hydrogen-bond donors (Lipinski definition) is 0. The fourth-order valence-corrected chi connectivity index (χ4v) is 2.87. The van der Waals surface area contributed by atoms with Crippen molar-refractivity contribution in [3.63, 3.8) is 0 Å². The molecule has 3 aromatic rings. The molecule has 6 nitrogen and oxygen atoms in total. The molecule has 4 rings (SSSR count). The van der Waals surface area contributed by atoms with Crippen LogP contribution >= 0.6 is 0 Å². The first-order valence-electron chi connectivity index (χ1n) is 7.49. The van der Waals surface area contributed by atoms with Gasteiger partial charge in [-0.25, -0.2) is 14.8 Å². The zero-order valence-corrected chi connectivity index (χ0v) is 12.7. The van der Waals surface area contributed by atoms with E-state index in [1.165, 1.54) is 0 Å². The van der Waals surface area contributed by atoms with Gasteiger partial charge in [0.25, 0.3) is 0 Å². The summed E-state index contributed by atoms with van der Waals surface area (Å²) in [6.45, 7) is 2.92. The van der Waals surface area contributed by atoms with Crippen LogP contribution in [0.4, 0.5) is 5.95 Å². The van der Waals surface area contributed by atoms with E-state index in [1.807, 2.05) is 24.0 Å². The minimum absolute atomic E-state index is 0.337. The molecule has 2 aromatic heterocycles. The van der Waals surface area contributed by atoms with Gasteiger partial charge in [-0.05, 0) is 30.2 Å². The number of hydrogen-bond acceptors (Lipinski definition) is 6. The summed E-state index contributed by atoms with van der Waals surface area (Å²) >= 11 is 0. The van der Waals surface area contributed by atoms with Crippen LogP contribution in [-0.2, 0) is 13.0 Å². The van der Waals surface area contributed by atoms with Crippen molar-refractivity contribution >= 4 is 16.9 Å². The minimum Gasteiger partial charge on any atom is -0.473 e. The van der Waals surface area contributed by atoms with Gasteiger partial charge in [-0.1, -0.05) is 6.92 Å². The second-order valence-corrected chi connectivity index (χ2v) is 5.38. The van der Waals surface area contributed by atoms with Crippen LogP contribution in [-0.4, -0.2) is 16.7 Å². The molecule has 0 unspecified atom stereocenters. The summed E-state index contributed by atoms with van der Waals surface area (Å²) in [6.07, 6.45) is 4.15. The maximum absolute atomic E-state index is 11.9. The Balaban J connectivity index is 1.86. The maximum atomic E-state index is 11.9. The highest BCUT2D eigenvalue weighted by Crippen LogP contribution is 2.33. The summed E-state index contributed by atoms with van der Waals surface area (Å²) in [6, 6.07) is 7.20. The Kier molecular flexibility index (Phi) is 3.22. The summed E-state index contributed by atoms with van der Waals surface area (Å²) in [5, 5.41) is 0.949. The normalized spacial score (nSPS) is 13.7. The van der Waals surface area contributed by atoms with E-state index in [2.05, 4.69) is 9.97 Å². The summed E-state index contributed by atoms with van der Waals surface area (Å²) in [5.74, 6) is 1.32. The van der Waals surface area contributed by atoms with Gasteiger partial charge in [0, 0.05) is 23.8 Å². The van der Waals surface area contributed by atoms with Crippen molar-refractivity contribution < 1.29 is 9.15 Å². The van der Waals surface area contributed by atoms with Crippen LogP contribution in [0, 0.1) is 0 Å². The highest BCUT2D eigenvalue weighted by molar-refractivity contribution is 5.85. The third kappa shape index (κ3) is 2.32. The van der Waals surface area contributed by atoms with Gasteiger partial charge in [0.15, 0.2) is 6.73 Å². The molecule has 0 amide bonds. The molecule has 1 aromatic carbocycles. The first-order valence-corrected chi connectivity index (χ1v) is 7.49. The van der Waals surface area contributed by atoms with Crippen LogP contribution in [0.5, 0.6) is 5.75 Å². The third-order valence-corrected chi connectivity index (χ3v) is 4.00. The largest absolute Gasteiger partial charge is 0.473 e. The number of ether oxygens (including phenoxy) is 1. The van der Waals surface area contributed by atoms with Crippen LogP contribution < -0.4 is 15.3 Å². The summed E-state index contributed by atoms with van der Waals surface area (Å²) in [4.78, 5) is 22.3. The molecule has 1 aliphatic heterocycles. The van der Waals surface area contributed by atoms with E-state index in [-0.39, 0.29) is 5.63 Å². The predicted octanol–water partition coefficient (Wildman–Crippen LogP) is 2.50. The lowest BCUT2D eigenvalue weighted by Gasteiger charge is -2.29. The monoisotopic (exact) mass is 309 g/mol. The van der Waals surface area contributed by atoms with Crippen molar-refractivity contribution in [1.82, 2.24) is 9.97 Å². The lowest BCUT2D eigenvalue weighted by molar-refractivity contribution is 0.286. The fourth-order valence-electron chi connectivity index (χ4n) is 2.87. The van der Waals surface area contributed by atoms with Gasteiger partial charge in [-0.15, -0.1) is 0 Å². The summed E-state index contributed by atoms with van der Waals surface area (Å²) in [5.41, 5.74) is 2.09. The van der Waals surface area contributed by atoms with Crippen molar-refractivity contribution in [3.05, 3.63) is 58.2 Å². The van der Waals surface area contributed by atoms with E-state index in [0.717, 1.165) is 28.7 Å². The number of aryl methyl sites for hydroxylation is 1. The molecule has 0 fully saturated rings. The van der Waals surface area contributed by atoms with E-state index < -0.39 is 0 Å². The Morgan fingerprint density at radius 2 is 2.09 bits per heavy atom. The molecule has 0 saturated heterocycles. The molecule has 116 valence electrons. The van der Waals surface area contributed by atoms with Crippen molar-refractivity contribution in [3.8, 4) is 5.75 Å². The number of fused-ring (bicyclic) bond motifs is 3. The number of rotatable bonds is 2. The lowest BCUT2D eigenvalue weighted by Crippen LogP contribution is -2.33. The van der Waals surface area contributed by atoms with Gasteiger partial charge in [-0.3, -0.25) is 0 Å². The number of benzene rings is 1. The molecule has 0 N–H and O–H groups in total. The molecular weight excluding hydrogens is 294 g/mol. The topological polar surface area (TPSA) is 68.5 Å². The van der Waals surface area contributed by atoms with Crippen molar-refractivity contribution in [2.45, 2.75) is 19.9 Å². The highest BCUT2D eigenvalue weighted by atomic mass is 16.5. The van der Waals surface area contributed by atoms with Gasteiger partial charge in [-0.2, -0.15) is 0 Å². The molecule has 1 aliphatic rings. The van der Waals surface area contributed by atoms with Crippen molar-refractivity contribution in [1.29, 1.82) is 0 Å². The molecule has 3 heterocycles. The van der Waals surface area contributed by atoms with Gasteiger partial charge in [0.1, 0.15) is 11.3 Å². The Labute approximate surface area is 132 Å². The van der Waals surface area contributed by atoms with Gasteiger partial charge < -0.3 is 14.1 Å². The summed E-state index contributed by atoms with van der Waals surface area (Å²) in [7, 11) is 0. The van der Waals surface area contributed by atoms with E-state index in [9.17, 15) is 4.79 Å². The zero-order chi connectivity index (χ0) is 15.8. The zero-order valence-electron chi connectivity index (χ0n) is 12.7. The Morgan fingerprint density at radius 3 is 2.87 bits per heavy atom. The lowest BCUT2D eigenvalue weighted by atomic mass is 10.0. The average molecular weight is 309 g/mol. The maximum Gasteiger partial charge on any atom is 0.336 e. The van der Waals surface area contributed by atoms with Gasteiger partial charge >= 0.3 is 5.63 Å². The standard InChI is InChI=1S/C17H15N3O3/c1-2-11-8-15(21)23-16-12(11)4-5-14-13(16)9-20(10-22-14)17-18-6-3-7-19-17/h3-8H,2,9-10H2,1H3. The van der Waals surface area contributed by atoms with Gasteiger partial charge in [0.05, 0.1) is 12.1 Å². The fraction of sp³-hybridized carbons (Fsp3) is 0.235. The summed E-state index contributed by atoms with van der Waals surface area (Å²) < 4.78 is 11.3. The second-order valence-electron chi connectivity index (χ2n) is 5.38. The van der Waals surface area contributed by atoms with Crippen LogP contribution in [0.3, 0.4) is 0 Å². The SMILES string of the molecule is CCc1cc(=O)oc2c3c(ccc12)OCN(c1ncccn1)C3. The van der Waals surface area contributed by atoms with E-state index in [0.29, 0.717) is 24.8 Å².